The van der Waals surface area contributed by atoms with Crippen molar-refractivity contribution in [3.05, 3.63) is 35.1 Å². The summed E-state index contributed by atoms with van der Waals surface area (Å²) in [7, 11) is 0. The predicted molar refractivity (Wildman–Crippen MR) is 67.0 cm³/mol. The van der Waals surface area contributed by atoms with E-state index in [1.54, 1.807) is 6.07 Å². The van der Waals surface area contributed by atoms with Crippen molar-refractivity contribution in [3.63, 3.8) is 0 Å². The third-order valence-electron chi connectivity index (χ3n) is 3.17. The molecule has 2 nitrogen and oxygen atoms in total. The molecule has 0 aliphatic rings. The smallest absolute Gasteiger partial charge is 0.127 e. The van der Waals surface area contributed by atoms with Gasteiger partial charge in [-0.05, 0) is 38.1 Å². The standard InChI is InChI=1S/C14H19FN2/c1-4-11(3)17(5-2)10-13-8-12(9-16)6-7-14(13)15/h6-8,11H,4-5,10H2,1-3H3. The van der Waals surface area contributed by atoms with E-state index in [0.717, 1.165) is 13.0 Å². The highest BCUT2D eigenvalue weighted by Crippen LogP contribution is 2.15. The zero-order valence-corrected chi connectivity index (χ0v) is 10.7. The highest BCUT2D eigenvalue weighted by atomic mass is 19.1. The third kappa shape index (κ3) is 3.54. The summed E-state index contributed by atoms with van der Waals surface area (Å²) < 4.78 is 13.6. The fourth-order valence-corrected chi connectivity index (χ4v) is 1.82. The molecule has 0 N–H and O–H groups in total. The molecule has 1 aromatic carbocycles. The Bertz CT molecular complexity index is 409. The van der Waals surface area contributed by atoms with E-state index in [1.807, 2.05) is 6.07 Å². The molecule has 0 spiro atoms. The average Bonchev–Trinajstić information content (AvgIpc) is 2.36. The van der Waals surface area contributed by atoms with E-state index in [4.69, 9.17) is 5.26 Å². The number of rotatable bonds is 5. The van der Waals surface area contributed by atoms with Crippen LogP contribution in [0.5, 0.6) is 0 Å². The summed E-state index contributed by atoms with van der Waals surface area (Å²) in [6.45, 7) is 7.77. The number of hydrogen-bond acceptors (Lipinski definition) is 2. The lowest BCUT2D eigenvalue weighted by Crippen LogP contribution is -2.32. The molecule has 0 amide bonds. The van der Waals surface area contributed by atoms with Gasteiger partial charge >= 0.3 is 0 Å². The van der Waals surface area contributed by atoms with Crippen LogP contribution in [-0.2, 0) is 6.54 Å². The van der Waals surface area contributed by atoms with Crippen molar-refractivity contribution >= 4 is 0 Å². The molecule has 0 saturated carbocycles. The minimum absolute atomic E-state index is 0.231. The Kier molecular flexibility index (Phi) is 5.11. The second-order valence-corrected chi connectivity index (χ2v) is 4.24. The van der Waals surface area contributed by atoms with Crippen LogP contribution in [0.1, 0.15) is 38.3 Å². The SMILES string of the molecule is CCC(C)N(CC)Cc1cc(C#N)ccc1F. The molecule has 0 heterocycles. The summed E-state index contributed by atoms with van der Waals surface area (Å²) in [6, 6.07) is 6.99. The molecule has 0 aliphatic heterocycles. The van der Waals surface area contributed by atoms with Crippen LogP contribution >= 0.6 is 0 Å². The van der Waals surface area contributed by atoms with Crippen LogP contribution in [0.3, 0.4) is 0 Å². The Morgan fingerprint density at radius 2 is 2.12 bits per heavy atom. The van der Waals surface area contributed by atoms with Gasteiger partial charge in [0, 0.05) is 18.2 Å². The second kappa shape index (κ2) is 6.36. The van der Waals surface area contributed by atoms with Gasteiger partial charge in [-0.25, -0.2) is 4.39 Å². The van der Waals surface area contributed by atoms with E-state index >= 15 is 0 Å². The van der Waals surface area contributed by atoms with Crippen molar-refractivity contribution in [1.29, 1.82) is 5.26 Å². The zero-order valence-electron chi connectivity index (χ0n) is 10.7. The molecule has 17 heavy (non-hydrogen) atoms. The number of hydrogen-bond donors (Lipinski definition) is 0. The molecular formula is C14H19FN2. The fourth-order valence-electron chi connectivity index (χ4n) is 1.82. The van der Waals surface area contributed by atoms with Crippen LogP contribution in [-0.4, -0.2) is 17.5 Å². The first-order valence-corrected chi connectivity index (χ1v) is 6.04. The molecular weight excluding hydrogens is 215 g/mol. The summed E-state index contributed by atoms with van der Waals surface area (Å²) >= 11 is 0. The van der Waals surface area contributed by atoms with Gasteiger partial charge in [-0.3, -0.25) is 4.90 Å². The van der Waals surface area contributed by atoms with Gasteiger partial charge in [0.2, 0.25) is 0 Å². The molecule has 1 unspecified atom stereocenters. The first-order chi connectivity index (χ1) is 8.12. The lowest BCUT2D eigenvalue weighted by molar-refractivity contribution is 0.203. The third-order valence-corrected chi connectivity index (χ3v) is 3.17. The Hall–Kier alpha value is -1.40. The van der Waals surface area contributed by atoms with Gasteiger partial charge in [0.05, 0.1) is 11.6 Å². The van der Waals surface area contributed by atoms with Gasteiger partial charge in [-0.1, -0.05) is 13.8 Å². The van der Waals surface area contributed by atoms with Crippen LogP contribution in [0.4, 0.5) is 4.39 Å². The van der Waals surface area contributed by atoms with E-state index in [9.17, 15) is 4.39 Å². The summed E-state index contributed by atoms with van der Waals surface area (Å²) in [5.41, 5.74) is 1.12. The second-order valence-electron chi connectivity index (χ2n) is 4.24. The van der Waals surface area contributed by atoms with Gasteiger partial charge in [-0.2, -0.15) is 5.26 Å². The van der Waals surface area contributed by atoms with E-state index in [1.165, 1.54) is 12.1 Å². The van der Waals surface area contributed by atoms with Crippen molar-refractivity contribution in [1.82, 2.24) is 4.90 Å². The van der Waals surface area contributed by atoms with Crippen molar-refractivity contribution in [2.45, 2.75) is 39.8 Å². The average molecular weight is 234 g/mol. The first kappa shape index (κ1) is 13.7. The molecule has 0 saturated heterocycles. The van der Waals surface area contributed by atoms with E-state index < -0.39 is 0 Å². The van der Waals surface area contributed by atoms with Crippen LogP contribution in [0.2, 0.25) is 0 Å². The zero-order chi connectivity index (χ0) is 12.8. The van der Waals surface area contributed by atoms with Gasteiger partial charge in [0.25, 0.3) is 0 Å². The van der Waals surface area contributed by atoms with Crippen LogP contribution in [0, 0.1) is 17.1 Å². The van der Waals surface area contributed by atoms with Gasteiger partial charge in [0.15, 0.2) is 0 Å². The molecule has 1 aromatic rings. The Morgan fingerprint density at radius 3 is 2.65 bits per heavy atom. The quantitative estimate of drug-likeness (QED) is 0.781. The Labute approximate surface area is 103 Å². The highest BCUT2D eigenvalue weighted by Gasteiger charge is 2.13. The van der Waals surface area contributed by atoms with Crippen molar-refractivity contribution in [2.24, 2.45) is 0 Å². The number of nitriles is 1. The molecule has 0 radical (unpaired) electrons. The van der Waals surface area contributed by atoms with Crippen molar-refractivity contribution < 1.29 is 4.39 Å². The van der Waals surface area contributed by atoms with Gasteiger partial charge in [-0.15, -0.1) is 0 Å². The number of halogens is 1. The van der Waals surface area contributed by atoms with Gasteiger partial charge in [0.1, 0.15) is 5.82 Å². The molecule has 0 aromatic heterocycles. The lowest BCUT2D eigenvalue weighted by atomic mass is 10.1. The van der Waals surface area contributed by atoms with Gasteiger partial charge < -0.3 is 0 Å². The van der Waals surface area contributed by atoms with Crippen molar-refractivity contribution in [3.8, 4) is 6.07 Å². The van der Waals surface area contributed by atoms with E-state index in [2.05, 4.69) is 25.7 Å². The summed E-state index contributed by atoms with van der Waals surface area (Å²) in [4.78, 5) is 2.21. The molecule has 1 rings (SSSR count). The maximum absolute atomic E-state index is 13.6. The molecule has 0 fully saturated rings. The number of benzene rings is 1. The van der Waals surface area contributed by atoms with E-state index in [-0.39, 0.29) is 5.82 Å². The molecule has 0 aliphatic carbocycles. The lowest BCUT2D eigenvalue weighted by Gasteiger charge is -2.27. The Balaban J connectivity index is 2.89. The summed E-state index contributed by atoms with van der Waals surface area (Å²) in [5, 5.41) is 8.81. The highest BCUT2D eigenvalue weighted by molar-refractivity contribution is 5.33. The minimum atomic E-state index is -0.231. The summed E-state index contributed by atoms with van der Waals surface area (Å²) in [5.74, 6) is -0.231. The Morgan fingerprint density at radius 1 is 1.41 bits per heavy atom. The van der Waals surface area contributed by atoms with Crippen LogP contribution in [0.15, 0.2) is 18.2 Å². The fraction of sp³-hybridized carbons (Fsp3) is 0.500. The molecule has 0 bridgehead atoms. The topological polar surface area (TPSA) is 27.0 Å². The number of nitrogens with zero attached hydrogens (tertiary/aromatic N) is 2. The molecule has 3 heteroatoms. The molecule has 1 atom stereocenters. The largest absolute Gasteiger partial charge is 0.297 e. The molecule has 92 valence electrons. The predicted octanol–water partition coefficient (Wildman–Crippen LogP) is 3.32. The van der Waals surface area contributed by atoms with Crippen LogP contribution < -0.4 is 0 Å². The maximum Gasteiger partial charge on any atom is 0.127 e. The van der Waals surface area contributed by atoms with E-state index in [0.29, 0.717) is 23.7 Å². The van der Waals surface area contributed by atoms with Crippen LogP contribution in [0.25, 0.3) is 0 Å². The normalized spacial score (nSPS) is 12.5. The maximum atomic E-state index is 13.6. The van der Waals surface area contributed by atoms with Crippen molar-refractivity contribution in [2.75, 3.05) is 6.54 Å². The minimum Gasteiger partial charge on any atom is -0.297 e. The monoisotopic (exact) mass is 234 g/mol. The first-order valence-electron chi connectivity index (χ1n) is 6.04. The summed E-state index contributed by atoms with van der Waals surface area (Å²) in [6.07, 6.45) is 1.04.